The smallest absolute Gasteiger partial charge is 0.238 e. The lowest BCUT2D eigenvalue weighted by Gasteiger charge is -2.25. The number of carbonyl (C=O) groups is 2. The van der Waals surface area contributed by atoms with Crippen molar-refractivity contribution < 1.29 is 14.7 Å². The van der Waals surface area contributed by atoms with Crippen LogP contribution in [0.1, 0.15) is 40.0 Å². The highest BCUT2D eigenvalue weighted by Crippen LogP contribution is 2.22. The van der Waals surface area contributed by atoms with E-state index in [1.54, 1.807) is 6.92 Å². The van der Waals surface area contributed by atoms with Gasteiger partial charge in [0.2, 0.25) is 5.91 Å². The number of nitrogens with one attached hydrogen (secondary N) is 2. The molecule has 1 rings (SSSR count). The zero-order valence-corrected chi connectivity index (χ0v) is 13.5. The van der Waals surface area contributed by atoms with Crippen molar-refractivity contribution in [2.75, 3.05) is 5.43 Å². The molecule has 5 nitrogen and oxygen atoms in total. The molecule has 2 atom stereocenters. The van der Waals surface area contributed by atoms with E-state index in [1.165, 1.54) is 0 Å². The number of rotatable bonds is 9. The van der Waals surface area contributed by atoms with Crippen LogP contribution in [0.5, 0.6) is 0 Å². The SMILES string of the molecule is CC(C)CC[C@H](C(=O)[O-])[C@H](C)CC(=O)NNc1ccccc1. The molecule has 1 amide bonds. The maximum absolute atomic E-state index is 11.9. The normalized spacial score (nSPS) is 13.5. The van der Waals surface area contributed by atoms with Crippen LogP contribution in [0, 0.1) is 17.8 Å². The quantitative estimate of drug-likeness (QED) is 0.683. The van der Waals surface area contributed by atoms with Gasteiger partial charge in [0.25, 0.3) is 0 Å². The van der Waals surface area contributed by atoms with E-state index in [-0.39, 0.29) is 18.2 Å². The van der Waals surface area contributed by atoms with Gasteiger partial charge in [0.15, 0.2) is 0 Å². The number of benzene rings is 1. The fourth-order valence-electron chi connectivity index (χ4n) is 2.30. The van der Waals surface area contributed by atoms with Crippen LogP contribution >= 0.6 is 0 Å². The van der Waals surface area contributed by atoms with Crippen molar-refractivity contribution in [2.24, 2.45) is 17.8 Å². The van der Waals surface area contributed by atoms with Gasteiger partial charge in [-0.3, -0.25) is 15.6 Å². The van der Waals surface area contributed by atoms with Crippen molar-refractivity contribution in [3.8, 4) is 0 Å². The predicted octanol–water partition coefficient (Wildman–Crippen LogP) is 1.96. The summed E-state index contributed by atoms with van der Waals surface area (Å²) in [6, 6.07) is 9.26. The van der Waals surface area contributed by atoms with E-state index in [0.717, 1.165) is 12.1 Å². The molecule has 0 saturated heterocycles. The third-order valence-electron chi connectivity index (χ3n) is 3.67. The van der Waals surface area contributed by atoms with Crippen LogP contribution in [-0.2, 0) is 9.59 Å². The van der Waals surface area contributed by atoms with Crippen LogP contribution < -0.4 is 16.0 Å². The average molecular weight is 305 g/mol. The maximum atomic E-state index is 11.9. The van der Waals surface area contributed by atoms with Crippen LogP contribution in [0.25, 0.3) is 0 Å². The topological polar surface area (TPSA) is 81.3 Å². The van der Waals surface area contributed by atoms with Gasteiger partial charge in [-0.2, -0.15) is 0 Å². The van der Waals surface area contributed by atoms with Gasteiger partial charge in [0.1, 0.15) is 0 Å². The van der Waals surface area contributed by atoms with E-state index in [1.807, 2.05) is 44.2 Å². The van der Waals surface area contributed by atoms with E-state index < -0.39 is 11.9 Å². The lowest BCUT2D eigenvalue weighted by molar-refractivity contribution is -0.313. The molecule has 0 spiro atoms. The van der Waals surface area contributed by atoms with Gasteiger partial charge in [0.05, 0.1) is 5.69 Å². The molecule has 122 valence electrons. The molecule has 0 bridgehead atoms. The average Bonchev–Trinajstić information content (AvgIpc) is 2.45. The first kappa shape index (κ1) is 18.0. The van der Waals surface area contributed by atoms with Crippen molar-refractivity contribution in [3.63, 3.8) is 0 Å². The van der Waals surface area contributed by atoms with E-state index >= 15 is 0 Å². The maximum Gasteiger partial charge on any atom is 0.238 e. The Hall–Kier alpha value is -2.04. The summed E-state index contributed by atoms with van der Waals surface area (Å²) in [7, 11) is 0. The summed E-state index contributed by atoms with van der Waals surface area (Å²) in [6.07, 6.45) is 1.50. The van der Waals surface area contributed by atoms with Crippen LogP contribution in [0.2, 0.25) is 0 Å². The molecular formula is C17H25N2O3-. The third-order valence-corrected chi connectivity index (χ3v) is 3.67. The summed E-state index contributed by atoms with van der Waals surface area (Å²) in [5.74, 6) is -1.72. The Bertz CT molecular complexity index is 474. The molecule has 22 heavy (non-hydrogen) atoms. The Morgan fingerprint density at radius 2 is 1.73 bits per heavy atom. The van der Waals surface area contributed by atoms with Gasteiger partial charge in [-0.25, -0.2) is 0 Å². The summed E-state index contributed by atoms with van der Waals surface area (Å²) in [5.41, 5.74) is 6.17. The van der Waals surface area contributed by atoms with E-state index in [4.69, 9.17) is 0 Å². The summed E-state index contributed by atoms with van der Waals surface area (Å²) in [5, 5.41) is 11.3. The molecule has 0 aliphatic heterocycles. The number of hydrogen-bond donors (Lipinski definition) is 2. The fourth-order valence-corrected chi connectivity index (χ4v) is 2.30. The van der Waals surface area contributed by atoms with Gasteiger partial charge in [-0.05, 0) is 30.4 Å². The monoisotopic (exact) mass is 305 g/mol. The molecule has 0 aliphatic rings. The number of hydrazine groups is 1. The van der Waals surface area contributed by atoms with Crippen LogP contribution in [0.3, 0.4) is 0 Å². The summed E-state index contributed by atoms with van der Waals surface area (Å²) < 4.78 is 0. The van der Waals surface area contributed by atoms with E-state index in [0.29, 0.717) is 12.3 Å². The van der Waals surface area contributed by atoms with Crippen LogP contribution in [0.15, 0.2) is 30.3 Å². The van der Waals surface area contributed by atoms with Gasteiger partial charge >= 0.3 is 0 Å². The van der Waals surface area contributed by atoms with Crippen molar-refractivity contribution >= 4 is 17.6 Å². The number of para-hydroxylation sites is 1. The highest BCUT2D eigenvalue weighted by molar-refractivity contribution is 5.78. The Labute approximate surface area is 132 Å². The fraction of sp³-hybridized carbons (Fsp3) is 0.529. The summed E-state index contributed by atoms with van der Waals surface area (Å²) >= 11 is 0. The molecule has 2 N–H and O–H groups in total. The first-order valence-corrected chi connectivity index (χ1v) is 7.71. The molecule has 5 heteroatoms. The molecule has 0 fully saturated rings. The molecule has 1 aromatic carbocycles. The molecule has 0 saturated carbocycles. The number of aliphatic carboxylic acids is 1. The minimum Gasteiger partial charge on any atom is -0.550 e. The van der Waals surface area contributed by atoms with E-state index in [9.17, 15) is 14.7 Å². The van der Waals surface area contributed by atoms with Crippen molar-refractivity contribution in [2.45, 2.75) is 40.0 Å². The van der Waals surface area contributed by atoms with E-state index in [2.05, 4.69) is 10.9 Å². The van der Waals surface area contributed by atoms with Gasteiger partial charge in [-0.1, -0.05) is 45.4 Å². The lowest BCUT2D eigenvalue weighted by atomic mass is 9.85. The number of amides is 1. The Morgan fingerprint density at radius 1 is 1.09 bits per heavy atom. The molecule has 1 aromatic rings. The second kappa shape index (κ2) is 9.07. The Kier molecular flexibility index (Phi) is 7.43. The third kappa shape index (κ3) is 6.61. The number of carbonyl (C=O) groups excluding carboxylic acids is 2. The van der Waals surface area contributed by atoms with Gasteiger partial charge < -0.3 is 9.90 Å². The summed E-state index contributed by atoms with van der Waals surface area (Å²) in [6.45, 7) is 5.88. The largest absolute Gasteiger partial charge is 0.550 e. The Balaban J connectivity index is 2.44. The van der Waals surface area contributed by atoms with Crippen LogP contribution in [0.4, 0.5) is 5.69 Å². The van der Waals surface area contributed by atoms with Gasteiger partial charge in [0, 0.05) is 18.3 Å². The highest BCUT2D eigenvalue weighted by atomic mass is 16.4. The highest BCUT2D eigenvalue weighted by Gasteiger charge is 2.21. The van der Waals surface area contributed by atoms with Crippen LogP contribution in [-0.4, -0.2) is 11.9 Å². The minimum atomic E-state index is -1.07. The number of carboxylic acids is 1. The zero-order valence-electron chi connectivity index (χ0n) is 13.5. The first-order chi connectivity index (χ1) is 10.4. The lowest BCUT2D eigenvalue weighted by Crippen LogP contribution is -2.38. The molecule has 0 aromatic heterocycles. The molecule has 0 radical (unpaired) electrons. The zero-order chi connectivity index (χ0) is 16.5. The number of carboxylic acid groups (broad SMARTS) is 1. The molecule has 0 aliphatic carbocycles. The second-order valence-electron chi connectivity index (χ2n) is 6.12. The molecular weight excluding hydrogens is 280 g/mol. The summed E-state index contributed by atoms with van der Waals surface area (Å²) in [4.78, 5) is 23.2. The standard InChI is InChI=1S/C17H26N2O3/c1-12(2)9-10-15(17(21)22)13(3)11-16(20)19-18-14-7-5-4-6-8-14/h4-8,12-13,15,18H,9-11H2,1-3H3,(H,19,20)(H,21,22)/p-1/t13-,15+/m1/s1. The van der Waals surface area contributed by atoms with Gasteiger partial charge in [-0.15, -0.1) is 0 Å². The molecule has 0 unspecified atom stereocenters. The van der Waals surface area contributed by atoms with Crippen molar-refractivity contribution in [3.05, 3.63) is 30.3 Å². The van der Waals surface area contributed by atoms with Crippen molar-refractivity contribution in [1.82, 2.24) is 5.43 Å². The number of hydrogen-bond acceptors (Lipinski definition) is 4. The number of anilines is 1. The Morgan fingerprint density at radius 3 is 2.27 bits per heavy atom. The minimum absolute atomic E-state index is 0.149. The first-order valence-electron chi connectivity index (χ1n) is 7.71. The predicted molar refractivity (Wildman–Crippen MR) is 84.6 cm³/mol. The molecule has 0 heterocycles. The van der Waals surface area contributed by atoms with Crippen molar-refractivity contribution in [1.29, 1.82) is 0 Å². The second-order valence-corrected chi connectivity index (χ2v) is 6.12.